The largest absolute Gasteiger partial charge is 0.411 e. The molecule has 0 spiro atoms. The zero-order valence-corrected chi connectivity index (χ0v) is 7.86. The summed E-state index contributed by atoms with van der Waals surface area (Å²) in [5.74, 6) is 0.449. The van der Waals surface area contributed by atoms with Crippen LogP contribution in [0.1, 0.15) is 0 Å². The topological polar surface area (TPSA) is 51.8 Å². The number of rotatable bonds is 2. The first kappa shape index (κ1) is 8.78. The SMILES string of the molecule is C#CSc1nnc(-c2ccncc2)o1. The molecule has 0 amide bonds. The first-order chi connectivity index (χ1) is 6.90. The summed E-state index contributed by atoms with van der Waals surface area (Å²) in [5.41, 5.74) is 0.830. The predicted octanol–water partition coefficient (Wildman–Crippen LogP) is 1.81. The summed E-state index contributed by atoms with van der Waals surface area (Å²) in [6.45, 7) is 0. The normalized spacial score (nSPS) is 9.64. The molecule has 4 nitrogen and oxygen atoms in total. The molecule has 0 unspecified atom stereocenters. The highest BCUT2D eigenvalue weighted by atomic mass is 32.2. The van der Waals surface area contributed by atoms with Crippen LogP contribution < -0.4 is 0 Å². The van der Waals surface area contributed by atoms with Crippen molar-refractivity contribution in [1.29, 1.82) is 0 Å². The molecule has 0 saturated carbocycles. The highest BCUT2D eigenvalue weighted by molar-refractivity contribution is 8.03. The van der Waals surface area contributed by atoms with Gasteiger partial charge in [0.2, 0.25) is 5.89 Å². The highest BCUT2D eigenvalue weighted by Crippen LogP contribution is 2.21. The molecule has 14 heavy (non-hydrogen) atoms. The van der Waals surface area contributed by atoms with E-state index < -0.39 is 0 Å². The van der Waals surface area contributed by atoms with Crippen LogP contribution in [0.2, 0.25) is 0 Å². The van der Waals surface area contributed by atoms with Gasteiger partial charge in [-0.25, -0.2) is 0 Å². The molecule has 0 N–H and O–H groups in total. The van der Waals surface area contributed by atoms with Gasteiger partial charge in [0, 0.05) is 29.7 Å². The van der Waals surface area contributed by atoms with Crippen molar-refractivity contribution in [2.75, 3.05) is 0 Å². The van der Waals surface area contributed by atoms with E-state index in [2.05, 4.69) is 20.4 Å². The Hall–Kier alpha value is -1.80. The van der Waals surface area contributed by atoms with Gasteiger partial charge in [0.15, 0.2) is 0 Å². The van der Waals surface area contributed by atoms with Gasteiger partial charge in [-0.1, -0.05) is 5.10 Å². The lowest BCUT2D eigenvalue weighted by Gasteiger charge is -1.90. The first-order valence-corrected chi connectivity index (χ1v) is 4.58. The fraction of sp³-hybridized carbons (Fsp3) is 0. The number of hydrogen-bond donors (Lipinski definition) is 0. The van der Waals surface area contributed by atoms with Crippen LogP contribution in [0, 0.1) is 11.7 Å². The number of aromatic nitrogens is 3. The zero-order valence-electron chi connectivity index (χ0n) is 7.04. The monoisotopic (exact) mass is 203 g/mol. The third-order valence-corrected chi connectivity index (χ3v) is 1.94. The molecule has 68 valence electrons. The number of nitrogens with zero attached hydrogens (tertiary/aromatic N) is 3. The minimum atomic E-state index is 0.374. The van der Waals surface area contributed by atoms with Gasteiger partial charge in [-0.05, 0) is 17.4 Å². The van der Waals surface area contributed by atoms with Gasteiger partial charge < -0.3 is 4.42 Å². The summed E-state index contributed by atoms with van der Waals surface area (Å²) in [6, 6.07) is 3.58. The summed E-state index contributed by atoms with van der Waals surface area (Å²) < 4.78 is 5.28. The van der Waals surface area contributed by atoms with Crippen molar-refractivity contribution in [3.8, 4) is 23.1 Å². The van der Waals surface area contributed by atoms with E-state index in [1.807, 2.05) is 0 Å². The fourth-order valence-corrected chi connectivity index (χ4v) is 1.22. The molecule has 0 bridgehead atoms. The Morgan fingerprint density at radius 3 is 2.79 bits per heavy atom. The van der Waals surface area contributed by atoms with E-state index in [9.17, 15) is 0 Å². The smallest absolute Gasteiger partial charge is 0.289 e. The second kappa shape index (κ2) is 3.94. The Morgan fingerprint density at radius 2 is 2.07 bits per heavy atom. The Morgan fingerprint density at radius 1 is 1.29 bits per heavy atom. The lowest BCUT2D eigenvalue weighted by atomic mass is 10.3. The van der Waals surface area contributed by atoms with Crippen molar-refractivity contribution in [2.24, 2.45) is 0 Å². The Kier molecular flexibility index (Phi) is 2.47. The van der Waals surface area contributed by atoms with Crippen LogP contribution in [0.25, 0.3) is 11.5 Å². The van der Waals surface area contributed by atoms with E-state index in [0.29, 0.717) is 11.1 Å². The number of terminal acetylenes is 1. The molecule has 0 aromatic carbocycles. The van der Waals surface area contributed by atoms with Crippen molar-refractivity contribution in [2.45, 2.75) is 5.22 Å². The molecule has 0 atom stereocenters. The maximum Gasteiger partial charge on any atom is 0.289 e. The number of pyridine rings is 1. The lowest BCUT2D eigenvalue weighted by molar-refractivity contribution is 0.467. The Balaban J connectivity index is 2.31. The third kappa shape index (κ3) is 1.75. The van der Waals surface area contributed by atoms with Crippen LogP contribution in [-0.4, -0.2) is 15.2 Å². The van der Waals surface area contributed by atoms with Gasteiger partial charge in [0.1, 0.15) is 0 Å². The summed E-state index contributed by atoms with van der Waals surface area (Å²) in [5, 5.41) is 10.3. The standard InChI is InChI=1S/C9H5N3OS/c1-2-14-9-12-11-8(13-9)7-3-5-10-6-4-7/h1,3-6H. The minimum absolute atomic E-state index is 0.374. The summed E-state index contributed by atoms with van der Waals surface area (Å²) in [7, 11) is 0. The van der Waals surface area contributed by atoms with E-state index in [4.69, 9.17) is 10.8 Å². The van der Waals surface area contributed by atoms with E-state index in [1.54, 1.807) is 24.5 Å². The second-order valence-corrected chi connectivity index (χ2v) is 3.12. The molecule has 0 fully saturated rings. The van der Waals surface area contributed by atoms with Gasteiger partial charge in [-0.2, -0.15) is 0 Å². The van der Waals surface area contributed by atoms with E-state index in [0.717, 1.165) is 17.3 Å². The van der Waals surface area contributed by atoms with Crippen molar-refractivity contribution in [3.05, 3.63) is 24.5 Å². The van der Waals surface area contributed by atoms with Crippen LogP contribution in [0.3, 0.4) is 0 Å². The summed E-state index contributed by atoms with van der Waals surface area (Å²) in [4.78, 5) is 3.89. The van der Waals surface area contributed by atoms with Crippen LogP contribution in [-0.2, 0) is 0 Å². The van der Waals surface area contributed by atoms with Crippen LogP contribution in [0.4, 0.5) is 0 Å². The van der Waals surface area contributed by atoms with Gasteiger partial charge in [0.05, 0.1) is 0 Å². The zero-order chi connectivity index (χ0) is 9.80. The van der Waals surface area contributed by atoms with Crippen molar-refractivity contribution >= 4 is 11.8 Å². The molecule has 0 radical (unpaired) electrons. The van der Waals surface area contributed by atoms with E-state index >= 15 is 0 Å². The average Bonchev–Trinajstić information content (AvgIpc) is 2.68. The molecular weight excluding hydrogens is 198 g/mol. The summed E-state index contributed by atoms with van der Waals surface area (Å²) >= 11 is 1.06. The van der Waals surface area contributed by atoms with E-state index in [1.165, 1.54) is 0 Å². The molecule has 0 aliphatic carbocycles. The Labute approximate surface area is 84.8 Å². The molecule has 0 saturated heterocycles. The molecule has 2 rings (SSSR count). The van der Waals surface area contributed by atoms with E-state index in [-0.39, 0.29) is 0 Å². The van der Waals surface area contributed by atoms with Gasteiger partial charge in [-0.3, -0.25) is 4.98 Å². The van der Waals surface area contributed by atoms with Gasteiger partial charge in [0.25, 0.3) is 5.22 Å². The average molecular weight is 203 g/mol. The van der Waals surface area contributed by atoms with Crippen LogP contribution in [0.15, 0.2) is 34.2 Å². The van der Waals surface area contributed by atoms with Crippen molar-refractivity contribution in [3.63, 3.8) is 0 Å². The quantitative estimate of drug-likeness (QED) is 0.550. The molecule has 0 aliphatic heterocycles. The molecular formula is C9H5N3OS. The second-order valence-electron chi connectivity index (χ2n) is 2.33. The molecule has 5 heteroatoms. The Bertz CT molecular complexity index is 460. The summed E-state index contributed by atoms with van der Waals surface area (Å²) in [6.07, 6.45) is 8.40. The molecule has 2 aromatic rings. The van der Waals surface area contributed by atoms with Crippen molar-refractivity contribution < 1.29 is 4.42 Å². The van der Waals surface area contributed by atoms with Gasteiger partial charge in [-0.15, -0.1) is 11.5 Å². The maximum absolute atomic E-state index is 5.28. The molecule has 0 aliphatic rings. The van der Waals surface area contributed by atoms with Crippen LogP contribution in [0.5, 0.6) is 0 Å². The fourth-order valence-electron chi connectivity index (χ4n) is 0.913. The first-order valence-electron chi connectivity index (χ1n) is 3.76. The third-order valence-electron chi connectivity index (χ3n) is 1.48. The predicted molar refractivity (Wildman–Crippen MR) is 52.2 cm³/mol. The van der Waals surface area contributed by atoms with Gasteiger partial charge >= 0.3 is 0 Å². The number of hydrogen-bond acceptors (Lipinski definition) is 5. The molecule has 2 aromatic heterocycles. The van der Waals surface area contributed by atoms with Crippen LogP contribution >= 0.6 is 11.8 Å². The maximum atomic E-state index is 5.28. The minimum Gasteiger partial charge on any atom is -0.411 e. The number of thioether (sulfide) groups is 1. The molecule has 2 heterocycles. The lowest BCUT2D eigenvalue weighted by Crippen LogP contribution is -1.77. The van der Waals surface area contributed by atoms with Crippen molar-refractivity contribution in [1.82, 2.24) is 15.2 Å². The highest BCUT2D eigenvalue weighted by Gasteiger charge is 2.06.